The molecule has 0 saturated heterocycles. The second-order valence-corrected chi connectivity index (χ2v) is 1.70. The van der Waals surface area contributed by atoms with E-state index >= 15 is 0 Å². The quantitative estimate of drug-likeness (QED) is 0.524. The molecule has 0 bridgehead atoms. The summed E-state index contributed by atoms with van der Waals surface area (Å²) in [6.07, 6.45) is 0. The lowest BCUT2D eigenvalue weighted by Gasteiger charge is -1.69. The highest BCUT2D eigenvalue weighted by molar-refractivity contribution is 7.83. The van der Waals surface area contributed by atoms with Crippen LogP contribution in [-0.2, 0) is 0 Å². The molecule has 0 fully saturated rings. The van der Waals surface area contributed by atoms with Crippen LogP contribution in [0.5, 0.6) is 0 Å². The van der Waals surface area contributed by atoms with Crippen LogP contribution in [0.2, 0.25) is 0 Å². The first-order valence-electron chi connectivity index (χ1n) is 2.67. The van der Waals surface area contributed by atoms with Crippen molar-refractivity contribution in [3.8, 4) is 0 Å². The first-order chi connectivity index (χ1) is 4.41. The van der Waals surface area contributed by atoms with Crippen molar-refractivity contribution in [1.29, 1.82) is 0 Å². The smallest absolute Gasteiger partial charge is 0.0396 e. The molecule has 0 N–H and O–H groups in total. The first-order valence-corrected chi connectivity index (χ1v) is 3.18. The van der Waals surface area contributed by atoms with E-state index in [1.807, 2.05) is 36.4 Å². The number of hydrogen-bond donors (Lipinski definition) is 1. The maximum atomic E-state index is 3.55. The van der Waals surface area contributed by atoms with Gasteiger partial charge in [0.2, 0.25) is 0 Å². The van der Waals surface area contributed by atoms with Gasteiger partial charge < -0.3 is 0 Å². The summed E-state index contributed by atoms with van der Waals surface area (Å²) in [6, 6.07) is 12.0. The molecule has 0 aliphatic carbocycles. The van der Waals surface area contributed by atoms with Gasteiger partial charge in [-0.05, 0) is 5.41 Å². The zero-order valence-corrected chi connectivity index (χ0v) is 6.09. The number of hydrogen-bond acceptors (Lipinski definition) is 1. The first kappa shape index (κ1) is 8.31. The van der Waals surface area contributed by atoms with Gasteiger partial charge in [-0.2, -0.15) is 12.6 Å². The fraction of sp³-hybridized carbons (Fsp3) is 0. The molecular formula is C8H10S. The van der Waals surface area contributed by atoms with E-state index in [9.17, 15) is 0 Å². The zero-order chi connectivity index (χ0) is 6.95. The van der Waals surface area contributed by atoms with Gasteiger partial charge in [0.1, 0.15) is 0 Å². The average molecular weight is 138 g/mol. The second-order valence-electron chi connectivity index (χ2n) is 1.34. The third kappa shape index (κ3) is 7.31. The number of benzene rings is 1. The predicted octanol–water partition coefficient (Wildman–Crippen LogP) is 2.75. The highest BCUT2D eigenvalue weighted by Crippen LogP contribution is 1.79. The predicted molar refractivity (Wildman–Crippen MR) is 45.6 cm³/mol. The van der Waals surface area contributed by atoms with Gasteiger partial charge in [-0.15, -0.1) is 0 Å². The minimum Gasteiger partial charge on any atom is -0.152 e. The van der Waals surface area contributed by atoms with E-state index in [2.05, 4.69) is 19.2 Å². The van der Waals surface area contributed by atoms with Crippen LogP contribution < -0.4 is 0 Å². The topological polar surface area (TPSA) is 0 Å². The van der Waals surface area contributed by atoms with Crippen LogP contribution in [-0.4, -0.2) is 0 Å². The van der Waals surface area contributed by atoms with Crippen LogP contribution in [0, 0.1) is 0 Å². The summed E-state index contributed by atoms with van der Waals surface area (Å²) in [6.45, 7) is 3.23. The molecule has 48 valence electrons. The minimum atomic E-state index is 1.44. The molecule has 0 heterocycles. The molecule has 0 saturated carbocycles. The van der Waals surface area contributed by atoms with Gasteiger partial charge >= 0.3 is 0 Å². The largest absolute Gasteiger partial charge is 0.152 e. The van der Waals surface area contributed by atoms with E-state index in [1.54, 1.807) is 0 Å². The van der Waals surface area contributed by atoms with E-state index in [-0.39, 0.29) is 0 Å². The number of rotatable bonds is 0. The van der Waals surface area contributed by atoms with Crippen molar-refractivity contribution in [1.82, 2.24) is 0 Å². The zero-order valence-electron chi connectivity index (χ0n) is 5.20. The summed E-state index contributed by atoms with van der Waals surface area (Å²) in [5.41, 5.74) is 0. The maximum Gasteiger partial charge on any atom is -0.0396 e. The highest BCUT2D eigenvalue weighted by Gasteiger charge is 1.57. The summed E-state index contributed by atoms with van der Waals surface area (Å²) in [7, 11) is 0. The maximum absolute atomic E-state index is 3.55. The van der Waals surface area contributed by atoms with E-state index < -0.39 is 0 Å². The molecule has 0 radical (unpaired) electrons. The molecule has 0 aliphatic rings. The van der Waals surface area contributed by atoms with Crippen molar-refractivity contribution in [2.45, 2.75) is 0 Å². The Balaban J connectivity index is 0.000000187. The molecular weight excluding hydrogens is 128 g/mol. The van der Waals surface area contributed by atoms with Crippen LogP contribution >= 0.6 is 12.6 Å². The van der Waals surface area contributed by atoms with E-state index in [0.717, 1.165) is 0 Å². The molecule has 0 aromatic heterocycles. The van der Waals surface area contributed by atoms with E-state index in [4.69, 9.17) is 0 Å². The third-order valence-electron chi connectivity index (χ3n) is 0.667. The molecule has 1 aromatic carbocycles. The van der Waals surface area contributed by atoms with Crippen LogP contribution in [0.25, 0.3) is 0 Å². The minimum absolute atomic E-state index is 1.44. The Kier molecular flexibility index (Phi) is 6.75. The van der Waals surface area contributed by atoms with Crippen molar-refractivity contribution in [2.75, 3.05) is 0 Å². The van der Waals surface area contributed by atoms with Crippen LogP contribution in [0.15, 0.2) is 48.4 Å². The summed E-state index contributed by atoms with van der Waals surface area (Å²) in [5, 5.41) is 1.44. The molecule has 0 nitrogen and oxygen atoms in total. The van der Waals surface area contributed by atoms with Crippen molar-refractivity contribution < 1.29 is 0 Å². The van der Waals surface area contributed by atoms with Gasteiger partial charge in [0.05, 0.1) is 0 Å². The number of thiol groups is 1. The second kappa shape index (κ2) is 7.31. The Bertz CT molecular complexity index is 108. The molecule has 1 heteroatoms. The normalized spacial score (nSPS) is 6.78. The van der Waals surface area contributed by atoms with Crippen LogP contribution in [0.4, 0.5) is 0 Å². The molecule has 1 rings (SSSR count). The van der Waals surface area contributed by atoms with Crippen molar-refractivity contribution in [3.05, 3.63) is 48.4 Å². The molecule has 0 unspecified atom stereocenters. The van der Waals surface area contributed by atoms with Crippen LogP contribution in [0.3, 0.4) is 0 Å². The van der Waals surface area contributed by atoms with Crippen LogP contribution in [0.1, 0.15) is 0 Å². The molecule has 0 amide bonds. The van der Waals surface area contributed by atoms with Gasteiger partial charge in [-0.25, -0.2) is 0 Å². The lowest BCUT2D eigenvalue weighted by atomic mass is 10.4. The van der Waals surface area contributed by atoms with Crippen molar-refractivity contribution in [2.24, 2.45) is 0 Å². The van der Waals surface area contributed by atoms with Gasteiger partial charge in [0, 0.05) is 0 Å². The Morgan fingerprint density at radius 1 is 0.889 bits per heavy atom. The Morgan fingerprint density at radius 3 is 1.11 bits per heavy atom. The lowest BCUT2D eigenvalue weighted by molar-refractivity contribution is 1.72. The monoisotopic (exact) mass is 138 g/mol. The summed E-state index contributed by atoms with van der Waals surface area (Å²) >= 11 is 3.55. The summed E-state index contributed by atoms with van der Waals surface area (Å²) < 4.78 is 0. The molecule has 1 aromatic rings. The van der Waals surface area contributed by atoms with Gasteiger partial charge in [0.15, 0.2) is 0 Å². The van der Waals surface area contributed by atoms with E-state index in [0.29, 0.717) is 0 Å². The van der Waals surface area contributed by atoms with E-state index in [1.165, 1.54) is 5.41 Å². The summed E-state index contributed by atoms with van der Waals surface area (Å²) in [5.74, 6) is 0. The average Bonchev–Trinajstić information content (AvgIpc) is 1.93. The molecule has 9 heavy (non-hydrogen) atoms. The molecule has 0 spiro atoms. The summed E-state index contributed by atoms with van der Waals surface area (Å²) in [4.78, 5) is 0. The highest BCUT2D eigenvalue weighted by atomic mass is 32.1. The fourth-order valence-electron chi connectivity index (χ4n) is 0.385. The van der Waals surface area contributed by atoms with Gasteiger partial charge in [0.25, 0.3) is 0 Å². The van der Waals surface area contributed by atoms with Crippen molar-refractivity contribution >= 4 is 12.6 Å². The molecule has 0 aliphatic heterocycles. The Labute approximate surface area is 61.6 Å². The fourth-order valence-corrected chi connectivity index (χ4v) is 0.385. The van der Waals surface area contributed by atoms with Gasteiger partial charge in [-0.3, -0.25) is 0 Å². The SMILES string of the molecule is C=CS.c1ccccc1. The van der Waals surface area contributed by atoms with Crippen molar-refractivity contribution in [3.63, 3.8) is 0 Å². The Hall–Kier alpha value is -0.690. The lowest BCUT2D eigenvalue weighted by Crippen LogP contribution is -1.47. The Morgan fingerprint density at radius 2 is 1.00 bits per heavy atom. The molecule has 0 atom stereocenters. The van der Waals surface area contributed by atoms with Gasteiger partial charge in [-0.1, -0.05) is 43.0 Å². The third-order valence-corrected chi connectivity index (χ3v) is 0.667. The standard InChI is InChI=1S/C6H6.C2H4S/c1-2-4-6-5-3-1;1-2-3/h1-6H;2-3H,1H2.